The van der Waals surface area contributed by atoms with Crippen LogP contribution in [0.3, 0.4) is 0 Å². The van der Waals surface area contributed by atoms with E-state index in [-0.39, 0.29) is 0 Å². The number of aromatic nitrogens is 1. The van der Waals surface area contributed by atoms with Crippen molar-refractivity contribution in [2.24, 2.45) is 5.16 Å². The van der Waals surface area contributed by atoms with Gasteiger partial charge in [-0.05, 0) is 41.5 Å². The second-order valence-corrected chi connectivity index (χ2v) is 6.28. The van der Waals surface area contributed by atoms with E-state index in [0.29, 0.717) is 6.61 Å². The lowest BCUT2D eigenvalue weighted by molar-refractivity contribution is 0.131. The van der Waals surface area contributed by atoms with Gasteiger partial charge in [0.2, 0.25) is 0 Å². The Morgan fingerprint density at radius 2 is 1.80 bits per heavy atom. The lowest BCUT2D eigenvalue weighted by atomic mass is 10.1. The van der Waals surface area contributed by atoms with Crippen molar-refractivity contribution < 1.29 is 4.84 Å². The molecule has 25 heavy (non-hydrogen) atoms. The second kappa shape index (κ2) is 8.94. The summed E-state index contributed by atoms with van der Waals surface area (Å²) in [5, 5.41) is 4.30. The van der Waals surface area contributed by atoms with Crippen LogP contribution in [-0.2, 0) is 11.4 Å². The molecule has 4 heteroatoms. The third kappa shape index (κ3) is 5.40. The molecule has 0 aliphatic heterocycles. The quantitative estimate of drug-likeness (QED) is 0.411. The number of pyridine rings is 1. The molecule has 2 aromatic carbocycles. The molecule has 1 heterocycles. The lowest BCUT2D eigenvalue weighted by Gasteiger charge is -2.03. The Morgan fingerprint density at radius 3 is 2.52 bits per heavy atom. The number of halogens is 1. The van der Waals surface area contributed by atoms with Crippen molar-refractivity contribution in [2.75, 3.05) is 0 Å². The fourth-order valence-electron chi connectivity index (χ4n) is 2.19. The predicted molar refractivity (Wildman–Crippen MR) is 105 cm³/mol. The van der Waals surface area contributed by atoms with Crippen LogP contribution in [0.25, 0.3) is 6.08 Å². The van der Waals surface area contributed by atoms with Crippen molar-refractivity contribution in [3.8, 4) is 0 Å². The number of rotatable bonds is 6. The average Bonchev–Trinajstić information content (AvgIpc) is 2.67. The summed E-state index contributed by atoms with van der Waals surface area (Å²) in [6.45, 7) is 0.427. The van der Waals surface area contributed by atoms with Crippen LogP contribution in [-0.4, -0.2) is 10.7 Å². The molecule has 0 amide bonds. The summed E-state index contributed by atoms with van der Waals surface area (Å²) >= 11 is 3.44. The minimum absolute atomic E-state index is 0.427. The summed E-state index contributed by atoms with van der Waals surface area (Å²) in [7, 11) is 0. The first-order valence-corrected chi connectivity index (χ1v) is 8.68. The monoisotopic (exact) mass is 392 g/mol. The maximum Gasteiger partial charge on any atom is 0.142 e. The summed E-state index contributed by atoms with van der Waals surface area (Å²) in [4.78, 5) is 9.71. The first-order valence-electron chi connectivity index (χ1n) is 7.89. The highest BCUT2D eigenvalue weighted by Crippen LogP contribution is 2.12. The van der Waals surface area contributed by atoms with Gasteiger partial charge in [-0.2, -0.15) is 0 Å². The molecule has 0 fully saturated rings. The molecule has 0 spiro atoms. The maximum atomic E-state index is 5.55. The largest absolute Gasteiger partial charge is 0.390 e. The molecule has 0 aliphatic rings. The molecule has 0 aliphatic carbocycles. The van der Waals surface area contributed by atoms with Gasteiger partial charge in [0.05, 0.1) is 0 Å². The molecule has 0 bridgehead atoms. The molecule has 0 N–H and O–H groups in total. The molecule has 0 unspecified atom stereocenters. The van der Waals surface area contributed by atoms with Gasteiger partial charge in [-0.25, -0.2) is 0 Å². The highest BCUT2D eigenvalue weighted by Gasteiger charge is 2.01. The molecule has 0 atom stereocenters. The van der Waals surface area contributed by atoms with E-state index in [0.717, 1.165) is 26.9 Å². The first-order chi connectivity index (χ1) is 12.3. The highest BCUT2D eigenvalue weighted by molar-refractivity contribution is 9.10. The van der Waals surface area contributed by atoms with Gasteiger partial charge in [0.15, 0.2) is 0 Å². The Hall–Kier alpha value is -2.72. The van der Waals surface area contributed by atoms with Crippen LogP contribution in [0.2, 0.25) is 0 Å². The van der Waals surface area contributed by atoms with E-state index in [1.54, 1.807) is 12.4 Å². The maximum absolute atomic E-state index is 5.55. The van der Waals surface area contributed by atoms with E-state index in [9.17, 15) is 0 Å². The van der Waals surface area contributed by atoms with Crippen molar-refractivity contribution in [2.45, 2.75) is 6.61 Å². The standard InChI is InChI=1S/C21H17BrN2O/c22-20-11-8-17(9-12-20)10-13-21(19-7-4-14-23-15-19)24-25-16-18-5-2-1-3-6-18/h1-15H,16H2/b13-10+,24-21-. The van der Waals surface area contributed by atoms with Crippen molar-refractivity contribution in [1.82, 2.24) is 4.98 Å². The summed E-state index contributed by atoms with van der Waals surface area (Å²) in [6, 6.07) is 21.9. The lowest BCUT2D eigenvalue weighted by Crippen LogP contribution is -1.99. The average molecular weight is 393 g/mol. The molecule has 0 radical (unpaired) electrons. The van der Waals surface area contributed by atoms with Gasteiger partial charge in [-0.3, -0.25) is 4.98 Å². The van der Waals surface area contributed by atoms with E-state index >= 15 is 0 Å². The van der Waals surface area contributed by atoms with Crippen molar-refractivity contribution >= 4 is 27.7 Å². The van der Waals surface area contributed by atoms with E-state index in [4.69, 9.17) is 4.84 Å². The normalized spacial score (nSPS) is 11.6. The van der Waals surface area contributed by atoms with Crippen LogP contribution in [0.15, 0.2) is 94.8 Å². The van der Waals surface area contributed by atoms with Gasteiger partial charge in [-0.1, -0.05) is 69.6 Å². The number of nitrogens with zero attached hydrogens (tertiary/aromatic N) is 2. The molecule has 3 nitrogen and oxygen atoms in total. The number of hydrogen-bond donors (Lipinski definition) is 0. The second-order valence-electron chi connectivity index (χ2n) is 5.36. The Morgan fingerprint density at radius 1 is 1.00 bits per heavy atom. The van der Waals surface area contributed by atoms with E-state index < -0.39 is 0 Å². The first kappa shape index (κ1) is 17.1. The van der Waals surface area contributed by atoms with Crippen LogP contribution >= 0.6 is 15.9 Å². The Balaban J connectivity index is 1.77. The van der Waals surface area contributed by atoms with E-state index in [1.807, 2.05) is 78.9 Å². The van der Waals surface area contributed by atoms with Crippen LogP contribution in [0.4, 0.5) is 0 Å². The third-order valence-electron chi connectivity index (χ3n) is 3.50. The molecule has 0 saturated heterocycles. The smallest absolute Gasteiger partial charge is 0.142 e. The van der Waals surface area contributed by atoms with Gasteiger partial charge >= 0.3 is 0 Å². The van der Waals surface area contributed by atoms with E-state index in [1.165, 1.54) is 0 Å². The van der Waals surface area contributed by atoms with Gasteiger partial charge < -0.3 is 4.84 Å². The molecular formula is C21H17BrN2O. The zero-order valence-electron chi connectivity index (χ0n) is 13.5. The summed E-state index contributed by atoms with van der Waals surface area (Å²) in [6.07, 6.45) is 7.45. The predicted octanol–water partition coefficient (Wildman–Crippen LogP) is 5.48. The molecule has 0 saturated carbocycles. The minimum Gasteiger partial charge on any atom is -0.390 e. The minimum atomic E-state index is 0.427. The zero-order chi connectivity index (χ0) is 17.3. The fraction of sp³-hybridized carbons (Fsp3) is 0.0476. The van der Waals surface area contributed by atoms with Crippen molar-refractivity contribution in [1.29, 1.82) is 0 Å². The molecule has 124 valence electrons. The van der Waals surface area contributed by atoms with Crippen LogP contribution in [0.5, 0.6) is 0 Å². The number of benzene rings is 2. The Labute approximate surface area is 155 Å². The van der Waals surface area contributed by atoms with Crippen LogP contribution in [0, 0.1) is 0 Å². The topological polar surface area (TPSA) is 34.5 Å². The van der Waals surface area contributed by atoms with Crippen molar-refractivity contribution in [3.05, 3.63) is 106 Å². The zero-order valence-corrected chi connectivity index (χ0v) is 15.1. The summed E-state index contributed by atoms with van der Waals surface area (Å²) in [5.74, 6) is 0. The Kier molecular flexibility index (Phi) is 6.12. The molecule has 1 aromatic heterocycles. The summed E-state index contributed by atoms with van der Waals surface area (Å²) in [5.41, 5.74) is 3.80. The molecule has 3 rings (SSSR count). The fourth-order valence-corrected chi connectivity index (χ4v) is 2.46. The van der Waals surface area contributed by atoms with Gasteiger partial charge in [0.1, 0.15) is 12.3 Å². The van der Waals surface area contributed by atoms with Gasteiger partial charge in [0.25, 0.3) is 0 Å². The molecule has 3 aromatic rings. The molecular weight excluding hydrogens is 376 g/mol. The third-order valence-corrected chi connectivity index (χ3v) is 4.03. The number of oxime groups is 1. The van der Waals surface area contributed by atoms with Crippen LogP contribution in [0.1, 0.15) is 16.7 Å². The number of hydrogen-bond acceptors (Lipinski definition) is 3. The van der Waals surface area contributed by atoms with Crippen molar-refractivity contribution in [3.63, 3.8) is 0 Å². The highest BCUT2D eigenvalue weighted by atomic mass is 79.9. The summed E-state index contributed by atoms with van der Waals surface area (Å²) < 4.78 is 1.05. The van der Waals surface area contributed by atoms with Crippen LogP contribution < -0.4 is 0 Å². The Bertz CT molecular complexity index is 844. The van der Waals surface area contributed by atoms with E-state index in [2.05, 4.69) is 26.1 Å². The van der Waals surface area contributed by atoms with Gasteiger partial charge in [-0.15, -0.1) is 0 Å². The SMILES string of the molecule is Brc1ccc(/C=C/C(=N/OCc2ccccc2)c2cccnc2)cc1. The number of allylic oxidation sites excluding steroid dienone is 1. The van der Waals surface area contributed by atoms with Gasteiger partial charge in [0, 0.05) is 22.4 Å².